The fraction of sp³-hybridized carbons (Fsp3) is 0.625. The highest BCUT2D eigenvalue weighted by atomic mass is 16.5. The summed E-state index contributed by atoms with van der Waals surface area (Å²) in [4.78, 5) is 0. The summed E-state index contributed by atoms with van der Waals surface area (Å²) in [6.07, 6.45) is 8.19. The third-order valence-corrected chi connectivity index (χ3v) is 3.92. The van der Waals surface area contributed by atoms with E-state index < -0.39 is 0 Å². The van der Waals surface area contributed by atoms with Gasteiger partial charge in [0.25, 0.3) is 0 Å². The highest BCUT2D eigenvalue weighted by Crippen LogP contribution is 2.27. The minimum Gasteiger partial charge on any atom is -0.493 e. The zero-order valence-electron chi connectivity index (χ0n) is 11.4. The molecular formula is C16H25NO. The Kier molecular flexibility index (Phi) is 5.06. The molecule has 18 heavy (non-hydrogen) atoms. The molecule has 0 spiro atoms. The van der Waals surface area contributed by atoms with Crippen LogP contribution in [-0.4, -0.2) is 6.61 Å². The first kappa shape index (κ1) is 13.4. The van der Waals surface area contributed by atoms with Crippen molar-refractivity contribution in [2.45, 2.75) is 51.5 Å². The van der Waals surface area contributed by atoms with Gasteiger partial charge in [-0.25, -0.2) is 0 Å². The van der Waals surface area contributed by atoms with Crippen LogP contribution < -0.4 is 10.5 Å². The predicted molar refractivity (Wildman–Crippen MR) is 75.7 cm³/mol. The average Bonchev–Trinajstić information content (AvgIpc) is 2.40. The van der Waals surface area contributed by atoms with Crippen LogP contribution >= 0.6 is 0 Å². The Bertz CT molecular complexity index is 356. The molecule has 1 fully saturated rings. The molecule has 1 aromatic carbocycles. The van der Waals surface area contributed by atoms with Gasteiger partial charge < -0.3 is 10.5 Å². The van der Waals surface area contributed by atoms with E-state index in [4.69, 9.17) is 10.5 Å². The van der Waals surface area contributed by atoms with Crippen LogP contribution in [0.2, 0.25) is 0 Å². The highest BCUT2D eigenvalue weighted by molar-refractivity contribution is 5.35. The SMILES string of the molecule is C[C@H](N)c1ccccc1OCCC1CCCCC1. The number of hydrogen-bond donors (Lipinski definition) is 1. The standard InChI is InChI=1S/C16H25NO/c1-13(17)15-9-5-6-10-16(15)18-12-11-14-7-3-2-4-8-14/h5-6,9-10,13-14H,2-4,7-8,11-12,17H2,1H3/t13-/m0/s1. The molecule has 2 rings (SSSR count). The lowest BCUT2D eigenvalue weighted by Gasteiger charge is -2.22. The highest BCUT2D eigenvalue weighted by Gasteiger charge is 2.14. The van der Waals surface area contributed by atoms with Gasteiger partial charge in [-0.3, -0.25) is 0 Å². The van der Waals surface area contributed by atoms with Gasteiger partial charge in [-0.05, 0) is 25.3 Å². The summed E-state index contributed by atoms with van der Waals surface area (Å²) in [7, 11) is 0. The lowest BCUT2D eigenvalue weighted by atomic mass is 9.87. The molecule has 2 nitrogen and oxygen atoms in total. The Morgan fingerprint density at radius 1 is 1.22 bits per heavy atom. The molecule has 1 aromatic rings. The molecule has 0 amide bonds. The topological polar surface area (TPSA) is 35.2 Å². The van der Waals surface area contributed by atoms with Crippen molar-refractivity contribution in [2.24, 2.45) is 11.7 Å². The zero-order chi connectivity index (χ0) is 12.8. The molecule has 0 heterocycles. The number of para-hydroxylation sites is 1. The van der Waals surface area contributed by atoms with Gasteiger partial charge in [-0.1, -0.05) is 50.3 Å². The van der Waals surface area contributed by atoms with Crippen LogP contribution in [-0.2, 0) is 0 Å². The van der Waals surface area contributed by atoms with E-state index in [2.05, 4.69) is 6.07 Å². The fourth-order valence-electron chi connectivity index (χ4n) is 2.80. The zero-order valence-corrected chi connectivity index (χ0v) is 11.4. The minimum absolute atomic E-state index is 0.0379. The second kappa shape index (κ2) is 6.79. The van der Waals surface area contributed by atoms with Crippen molar-refractivity contribution in [3.63, 3.8) is 0 Å². The van der Waals surface area contributed by atoms with Crippen molar-refractivity contribution in [3.8, 4) is 5.75 Å². The molecule has 1 saturated carbocycles. The molecule has 2 N–H and O–H groups in total. The number of ether oxygens (including phenoxy) is 1. The molecule has 0 aromatic heterocycles. The van der Waals surface area contributed by atoms with E-state index in [1.165, 1.54) is 38.5 Å². The van der Waals surface area contributed by atoms with Crippen LogP contribution in [0.15, 0.2) is 24.3 Å². The molecule has 2 heteroatoms. The van der Waals surface area contributed by atoms with Crippen molar-refractivity contribution in [1.29, 1.82) is 0 Å². The van der Waals surface area contributed by atoms with Gasteiger partial charge in [-0.15, -0.1) is 0 Å². The average molecular weight is 247 g/mol. The van der Waals surface area contributed by atoms with Crippen molar-refractivity contribution in [3.05, 3.63) is 29.8 Å². The van der Waals surface area contributed by atoms with Gasteiger partial charge in [0, 0.05) is 11.6 Å². The van der Waals surface area contributed by atoms with Crippen LogP contribution in [0.3, 0.4) is 0 Å². The quantitative estimate of drug-likeness (QED) is 0.851. The van der Waals surface area contributed by atoms with Crippen molar-refractivity contribution in [2.75, 3.05) is 6.61 Å². The summed E-state index contributed by atoms with van der Waals surface area (Å²) >= 11 is 0. The smallest absolute Gasteiger partial charge is 0.124 e. The predicted octanol–water partition coefficient (Wildman–Crippen LogP) is 4.06. The van der Waals surface area contributed by atoms with Crippen molar-refractivity contribution >= 4 is 0 Å². The molecule has 1 aliphatic rings. The minimum atomic E-state index is 0.0379. The summed E-state index contributed by atoms with van der Waals surface area (Å²) in [6.45, 7) is 2.83. The summed E-state index contributed by atoms with van der Waals surface area (Å²) in [6, 6.07) is 8.16. The Morgan fingerprint density at radius 2 is 1.94 bits per heavy atom. The van der Waals surface area contributed by atoms with Crippen LogP contribution in [0.5, 0.6) is 5.75 Å². The maximum absolute atomic E-state index is 5.95. The monoisotopic (exact) mass is 247 g/mol. The fourth-order valence-corrected chi connectivity index (χ4v) is 2.80. The maximum Gasteiger partial charge on any atom is 0.124 e. The van der Waals surface area contributed by atoms with Crippen LogP contribution in [0.25, 0.3) is 0 Å². The van der Waals surface area contributed by atoms with E-state index in [0.717, 1.165) is 23.8 Å². The molecule has 0 unspecified atom stereocenters. The van der Waals surface area contributed by atoms with Gasteiger partial charge >= 0.3 is 0 Å². The van der Waals surface area contributed by atoms with Crippen molar-refractivity contribution < 1.29 is 4.74 Å². The summed E-state index contributed by atoms with van der Waals surface area (Å²) in [5.74, 6) is 1.84. The summed E-state index contributed by atoms with van der Waals surface area (Å²) < 4.78 is 5.92. The Balaban J connectivity index is 1.82. The molecule has 0 bridgehead atoms. The number of rotatable bonds is 5. The molecule has 1 atom stereocenters. The van der Waals surface area contributed by atoms with E-state index in [1.807, 2.05) is 25.1 Å². The molecule has 0 radical (unpaired) electrons. The molecule has 0 aliphatic heterocycles. The van der Waals surface area contributed by atoms with Crippen LogP contribution in [0.1, 0.15) is 57.1 Å². The molecule has 0 saturated heterocycles. The lowest BCUT2D eigenvalue weighted by Crippen LogP contribution is -2.12. The Morgan fingerprint density at radius 3 is 2.67 bits per heavy atom. The number of nitrogens with two attached hydrogens (primary N) is 1. The maximum atomic E-state index is 5.95. The first-order valence-corrected chi connectivity index (χ1v) is 7.24. The number of hydrogen-bond acceptors (Lipinski definition) is 2. The van der Waals surface area contributed by atoms with Gasteiger partial charge in [0.05, 0.1) is 6.61 Å². The third-order valence-electron chi connectivity index (χ3n) is 3.92. The van der Waals surface area contributed by atoms with E-state index in [0.29, 0.717) is 0 Å². The Labute approximate surface area is 111 Å². The Hall–Kier alpha value is -1.02. The van der Waals surface area contributed by atoms with E-state index in [-0.39, 0.29) is 6.04 Å². The normalized spacial score (nSPS) is 18.6. The van der Waals surface area contributed by atoms with Crippen molar-refractivity contribution in [1.82, 2.24) is 0 Å². The molecule has 100 valence electrons. The van der Waals surface area contributed by atoms with Gasteiger partial charge in [-0.2, -0.15) is 0 Å². The number of benzene rings is 1. The molecule has 1 aliphatic carbocycles. The summed E-state index contributed by atoms with van der Waals surface area (Å²) in [5.41, 5.74) is 7.06. The third kappa shape index (κ3) is 3.74. The van der Waals surface area contributed by atoms with E-state index in [9.17, 15) is 0 Å². The largest absolute Gasteiger partial charge is 0.493 e. The first-order valence-electron chi connectivity index (χ1n) is 7.24. The van der Waals surface area contributed by atoms with Crippen LogP contribution in [0, 0.1) is 5.92 Å². The molecular weight excluding hydrogens is 222 g/mol. The van der Waals surface area contributed by atoms with Crippen LogP contribution in [0.4, 0.5) is 0 Å². The van der Waals surface area contributed by atoms with Gasteiger partial charge in [0.2, 0.25) is 0 Å². The second-order valence-corrected chi connectivity index (χ2v) is 5.47. The lowest BCUT2D eigenvalue weighted by molar-refractivity contribution is 0.244. The van der Waals surface area contributed by atoms with E-state index in [1.54, 1.807) is 0 Å². The van der Waals surface area contributed by atoms with Gasteiger partial charge in [0.15, 0.2) is 0 Å². The second-order valence-electron chi connectivity index (χ2n) is 5.47. The summed E-state index contributed by atoms with van der Waals surface area (Å²) in [5, 5.41) is 0. The van der Waals surface area contributed by atoms with E-state index >= 15 is 0 Å². The first-order chi connectivity index (χ1) is 8.77. The van der Waals surface area contributed by atoms with Gasteiger partial charge in [0.1, 0.15) is 5.75 Å².